The van der Waals surface area contributed by atoms with Crippen molar-refractivity contribution in [2.75, 3.05) is 20.1 Å². The van der Waals surface area contributed by atoms with Gasteiger partial charge in [-0.05, 0) is 38.3 Å². The zero-order chi connectivity index (χ0) is 16.2. The first kappa shape index (κ1) is 17.4. The normalized spacial score (nSPS) is 21.5. The fourth-order valence-corrected chi connectivity index (χ4v) is 5.23. The van der Waals surface area contributed by atoms with Gasteiger partial charge in [0.2, 0.25) is 5.91 Å². The molecule has 2 atom stereocenters. The smallest absolute Gasteiger partial charge is 0.253 e. The molecule has 0 aromatic carbocycles. The Kier molecular flexibility index (Phi) is 5.96. The highest BCUT2D eigenvalue weighted by Gasteiger charge is 2.37. The summed E-state index contributed by atoms with van der Waals surface area (Å²) < 4.78 is 27.1. The number of thiophene rings is 1. The molecule has 2 heterocycles. The summed E-state index contributed by atoms with van der Waals surface area (Å²) in [5, 5.41) is 7.63. The summed E-state index contributed by atoms with van der Waals surface area (Å²) in [6, 6.07) is 2.84. The Morgan fingerprint density at radius 1 is 1.50 bits per heavy atom. The van der Waals surface area contributed by atoms with Crippen LogP contribution in [0.15, 0.2) is 21.7 Å². The van der Waals surface area contributed by atoms with Gasteiger partial charge >= 0.3 is 0 Å². The predicted octanol–water partition coefficient (Wildman–Crippen LogP) is 1.02. The van der Waals surface area contributed by atoms with Crippen LogP contribution >= 0.6 is 11.3 Å². The van der Waals surface area contributed by atoms with Crippen molar-refractivity contribution in [3.63, 3.8) is 0 Å². The molecule has 2 unspecified atom stereocenters. The third kappa shape index (κ3) is 3.87. The number of nitrogens with one attached hydrogen (secondary N) is 2. The summed E-state index contributed by atoms with van der Waals surface area (Å²) in [5.41, 5.74) is 0. The molecule has 0 saturated carbocycles. The first-order valence-electron chi connectivity index (χ1n) is 7.47. The second-order valence-corrected chi connectivity index (χ2v) is 8.56. The van der Waals surface area contributed by atoms with E-state index in [1.165, 1.54) is 15.6 Å². The molecular formula is C14H23N3O3S2. The molecule has 1 saturated heterocycles. The van der Waals surface area contributed by atoms with Crippen LogP contribution in [0.2, 0.25) is 0 Å². The Hall–Kier alpha value is -0.960. The Labute approximate surface area is 135 Å². The highest BCUT2D eigenvalue weighted by atomic mass is 32.2. The fourth-order valence-electron chi connectivity index (χ4n) is 2.45. The number of hydrogen-bond acceptors (Lipinski definition) is 5. The average molecular weight is 345 g/mol. The summed E-state index contributed by atoms with van der Waals surface area (Å²) in [7, 11) is -1.76. The standard InChI is InChI=1S/C14H23N3O3S2/c1-11(15-2)10-16-14(18)12-6-3-4-8-17(12)22(19,20)13-7-5-9-21-13/h5,7,9,11-12,15H,3-4,6,8,10H2,1-2H3,(H,16,18). The number of rotatable bonds is 6. The van der Waals surface area contributed by atoms with Gasteiger partial charge in [0.25, 0.3) is 10.0 Å². The molecule has 22 heavy (non-hydrogen) atoms. The molecule has 1 aliphatic heterocycles. The molecule has 0 spiro atoms. The van der Waals surface area contributed by atoms with E-state index in [0.29, 0.717) is 23.7 Å². The largest absolute Gasteiger partial charge is 0.353 e. The molecule has 6 nitrogen and oxygen atoms in total. The number of carbonyl (C=O) groups excluding carboxylic acids is 1. The molecular weight excluding hydrogens is 322 g/mol. The lowest BCUT2D eigenvalue weighted by atomic mass is 10.0. The predicted molar refractivity (Wildman–Crippen MR) is 87.4 cm³/mol. The molecule has 0 aliphatic carbocycles. The highest BCUT2D eigenvalue weighted by Crippen LogP contribution is 2.27. The van der Waals surface area contributed by atoms with Crippen molar-refractivity contribution in [3.8, 4) is 0 Å². The lowest BCUT2D eigenvalue weighted by molar-refractivity contribution is -0.125. The van der Waals surface area contributed by atoms with Gasteiger partial charge in [0, 0.05) is 19.1 Å². The Morgan fingerprint density at radius 3 is 2.91 bits per heavy atom. The molecule has 1 amide bonds. The quantitative estimate of drug-likeness (QED) is 0.807. The van der Waals surface area contributed by atoms with Crippen molar-refractivity contribution in [3.05, 3.63) is 17.5 Å². The molecule has 1 aromatic rings. The molecule has 0 bridgehead atoms. The lowest BCUT2D eigenvalue weighted by Crippen LogP contribution is -2.53. The van der Waals surface area contributed by atoms with E-state index in [2.05, 4.69) is 10.6 Å². The summed E-state index contributed by atoms with van der Waals surface area (Å²) in [6.07, 6.45) is 2.24. The van der Waals surface area contributed by atoms with Gasteiger partial charge in [-0.15, -0.1) is 11.3 Å². The van der Waals surface area contributed by atoms with Crippen LogP contribution in [0.3, 0.4) is 0 Å². The van der Waals surface area contributed by atoms with Crippen LogP contribution in [0.25, 0.3) is 0 Å². The van der Waals surface area contributed by atoms with E-state index < -0.39 is 16.1 Å². The lowest BCUT2D eigenvalue weighted by Gasteiger charge is -2.33. The van der Waals surface area contributed by atoms with Gasteiger partial charge in [-0.2, -0.15) is 4.31 Å². The van der Waals surface area contributed by atoms with Crippen LogP contribution in [0.5, 0.6) is 0 Å². The third-order valence-electron chi connectivity index (χ3n) is 3.89. The molecule has 1 aliphatic rings. The minimum atomic E-state index is -3.58. The average Bonchev–Trinajstić information content (AvgIpc) is 3.07. The second kappa shape index (κ2) is 7.54. The zero-order valence-corrected chi connectivity index (χ0v) is 14.5. The minimum absolute atomic E-state index is 0.148. The molecule has 2 rings (SSSR count). The number of carbonyl (C=O) groups is 1. The van der Waals surface area contributed by atoms with Gasteiger partial charge in [-0.25, -0.2) is 8.42 Å². The minimum Gasteiger partial charge on any atom is -0.353 e. The van der Waals surface area contributed by atoms with Crippen molar-refractivity contribution < 1.29 is 13.2 Å². The van der Waals surface area contributed by atoms with E-state index in [-0.39, 0.29) is 11.9 Å². The van der Waals surface area contributed by atoms with Gasteiger partial charge < -0.3 is 10.6 Å². The number of nitrogens with zero attached hydrogens (tertiary/aromatic N) is 1. The third-order valence-corrected chi connectivity index (χ3v) is 7.17. The zero-order valence-electron chi connectivity index (χ0n) is 12.9. The summed E-state index contributed by atoms with van der Waals surface area (Å²) >= 11 is 1.19. The molecule has 0 radical (unpaired) electrons. The number of amides is 1. The van der Waals surface area contributed by atoms with E-state index in [1.807, 2.05) is 14.0 Å². The van der Waals surface area contributed by atoms with Gasteiger partial charge in [-0.3, -0.25) is 4.79 Å². The van der Waals surface area contributed by atoms with E-state index in [1.54, 1.807) is 17.5 Å². The monoisotopic (exact) mass is 345 g/mol. The highest BCUT2D eigenvalue weighted by molar-refractivity contribution is 7.91. The first-order valence-corrected chi connectivity index (χ1v) is 9.79. The van der Waals surface area contributed by atoms with Crippen molar-refractivity contribution in [2.24, 2.45) is 0 Å². The van der Waals surface area contributed by atoms with Crippen molar-refractivity contribution in [2.45, 2.75) is 42.5 Å². The summed E-state index contributed by atoms with van der Waals surface area (Å²) in [6.45, 7) is 2.85. The van der Waals surface area contributed by atoms with Gasteiger partial charge in [0.1, 0.15) is 10.3 Å². The summed E-state index contributed by atoms with van der Waals surface area (Å²) in [5.74, 6) is -0.207. The summed E-state index contributed by atoms with van der Waals surface area (Å²) in [4.78, 5) is 12.4. The van der Waals surface area contributed by atoms with Gasteiger partial charge in [-0.1, -0.05) is 12.5 Å². The molecule has 2 N–H and O–H groups in total. The SMILES string of the molecule is CNC(C)CNC(=O)C1CCCCN1S(=O)(=O)c1cccs1. The van der Waals surface area contributed by atoms with Crippen LogP contribution in [-0.4, -0.2) is 50.9 Å². The molecule has 124 valence electrons. The number of likely N-dealkylation sites (N-methyl/N-ethyl adjacent to an activating group) is 1. The Balaban J connectivity index is 2.13. The van der Waals surface area contributed by atoms with Crippen LogP contribution in [0.4, 0.5) is 0 Å². The van der Waals surface area contributed by atoms with Gasteiger partial charge in [0.05, 0.1) is 0 Å². The Morgan fingerprint density at radius 2 is 2.27 bits per heavy atom. The maximum Gasteiger partial charge on any atom is 0.253 e. The van der Waals surface area contributed by atoms with E-state index in [9.17, 15) is 13.2 Å². The van der Waals surface area contributed by atoms with E-state index in [4.69, 9.17) is 0 Å². The fraction of sp³-hybridized carbons (Fsp3) is 0.643. The maximum atomic E-state index is 12.7. The van der Waals surface area contributed by atoms with E-state index >= 15 is 0 Å². The number of piperidine rings is 1. The van der Waals surface area contributed by atoms with Crippen molar-refractivity contribution in [1.82, 2.24) is 14.9 Å². The Bertz CT molecular complexity index is 586. The molecule has 1 fully saturated rings. The van der Waals surface area contributed by atoms with Gasteiger partial charge in [0.15, 0.2) is 0 Å². The van der Waals surface area contributed by atoms with Crippen LogP contribution < -0.4 is 10.6 Å². The first-order chi connectivity index (χ1) is 10.5. The van der Waals surface area contributed by atoms with Crippen LogP contribution in [0, 0.1) is 0 Å². The van der Waals surface area contributed by atoms with Crippen LogP contribution in [-0.2, 0) is 14.8 Å². The second-order valence-electron chi connectivity index (χ2n) is 5.49. The molecule has 1 aromatic heterocycles. The maximum absolute atomic E-state index is 12.7. The topological polar surface area (TPSA) is 78.5 Å². The van der Waals surface area contributed by atoms with Crippen molar-refractivity contribution >= 4 is 27.3 Å². The van der Waals surface area contributed by atoms with E-state index in [0.717, 1.165) is 12.8 Å². The number of hydrogen-bond donors (Lipinski definition) is 2. The molecule has 8 heteroatoms. The van der Waals surface area contributed by atoms with Crippen molar-refractivity contribution in [1.29, 1.82) is 0 Å². The van der Waals surface area contributed by atoms with Crippen LogP contribution in [0.1, 0.15) is 26.2 Å². The number of sulfonamides is 1.